The van der Waals surface area contributed by atoms with E-state index in [0.29, 0.717) is 6.42 Å². The van der Waals surface area contributed by atoms with E-state index in [1.807, 2.05) is 52.3 Å². The summed E-state index contributed by atoms with van der Waals surface area (Å²) in [6.45, 7) is 4.68. The van der Waals surface area contributed by atoms with Crippen LogP contribution in [0.1, 0.15) is 18.9 Å². The first kappa shape index (κ1) is 14.8. The number of carbonyl (C=O) groups excluding carboxylic acids is 1. The number of rotatable bonds is 4. The van der Waals surface area contributed by atoms with Crippen LogP contribution >= 0.6 is 0 Å². The fraction of sp³-hybridized carbons (Fsp3) is 0.412. The number of benzene rings is 1. The molecule has 0 radical (unpaired) electrons. The second kappa shape index (κ2) is 6.75. The zero-order valence-electron chi connectivity index (χ0n) is 12.9. The van der Waals surface area contributed by atoms with Crippen molar-refractivity contribution in [2.24, 2.45) is 0 Å². The average Bonchev–Trinajstić information content (AvgIpc) is 3.03. The van der Waals surface area contributed by atoms with Gasteiger partial charge in [0.2, 0.25) is 5.91 Å². The zero-order valence-corrected chi connectivity index (χ0v) is 12.9. The van der Waals surface area contributed by atoms with Gasteiger partial charge in [-0.2, -0.15) is 5.10 Å². The Kier molecular flexibility index (Phi) is 4.53. The van der Waals surface area contributed by atoms with Crippen LogP contribution < -0.4 is 5.32 Å². The zero-order chi connectivity index (χ0) is 15.4. The number of hydrogen-bond acceptors (Lipinski definition) is 3. The number of para-hydroxylation sites is 1. The van der Waals surface area contributed by atoms with Crippen molar-refractivity contribution in [2.75, 3.05) is 19.6 Å². The van der Waals surface area contributed by atoms with Gasteiger partial charge in [0, 0.05) is 38.3 Å². The molecule has 1 saturated heterocycles. The fourth-order valence-electron chi connectivity index (χ4n) is 2.82. The highest BCUT2D eigenvalue weighted by Crippen LogP contribution is 2.11. The second-order valence-corrected chi connectivity index (χ2v) is 5.77. The molecule has 116 valence electrons. The molecule has 2 heterocycles. The summed E-state index contributed by atoms with van der Waals surface area (Å²) in [6, 6.07) is 10.3. The Bertz CT molecular complexity index is 623. The molecule has 3 rings (SSSR count). The third-order valence-corrected chi connectivity index (χ3v) is 4.11. The molecule has 0 aliphatic carbocycles. The Hall–Kier alpha value is -2.14. The highest BCUT2D eigenvalue weighted by molar-refractivity contribution is 5.77. The lowest BCUT2D eigenvalue weighted by atomic mass is 10.1. The van der Waals surface area contributed by atoms with E-state index in [1.165, 1.54) is 0 Å². The minimum atomic E-state index is 0.237. The summed E-state index contributed by atoms with van der Waals surface area (Å²) in [5, 5.41) is 7.68. The van der Waals surface area contributed by atoms with Gasteiger partial charge in [0.05, 0.1) is 11.9 Å². The van der Waals surface area contributed by atoms with Gasteiger partial charge in [0.15, 0.2) is 0 Å². The molecule has 1 aliphatic rings. The van der Waals surface area contributed by atoms with Gasteiger partial charge in [0.1, 0.15) is 0 Å². The van der Waals surface area contributed by atoms with E-state index >= 15 is 0 Å². The van der Waals surface area contributed by atoms with Gasteiger partial charge < -0.3 is 10.2 Å². The fourth-order valence-corrected chi connectivity index (χ4v) is 2.82. The first-order chi connectivity index (χ1) is 10.7. The molecule has 0 unspecified atom stereocenters. The van der Waals surface area contributed by atoms with Gasteiger partial charge in [-0.25, -0.2) is 4.68 Å². The topological polar surface area (TPSA) is 50.2 Å². The largest absolute Gasteiger partial charge is 0.337 e. The Morgan fingerprint density at radius 3 is 2.95 bits per heavy atom. The van der Waals surface area contributed by atoms with Gasteiger partial charge in [-0.1, -0.05) is 18.2 Å². The van der Waals surface area contributed by atoms with Crippen LogP contribution in [0.4, 0.5) is 0 Å². The summed E-state index contributed by atoms with van der Waals surface area (Å²) in [5.74, 6) is 0.237. The molecule has 5 heteroatoms. The maximum Gasteiger partial charge on any atom is 0.223 e. The molecule has 1 aliphatic heterocycles. The predicted molar refractivity (Wildman–Crippen MR) is 85.9 cm³/mol. The molecule has 2 aromatic rings. The molecule has 1 fully saturated rings. The van der Waals surface area contributed by atoms with E-state index in [4.69, 9.17) is 0 Å². The predicted octanol–water partition coefficient (Wildman–Crippen LogP) is 1.63. The van der Waals surface area contributed by atoms with E-state index in [-0.39, 0.29) is 11.9 Å². The van der Waals surface area contributed by atoms with Crippen LogP contribution in [0, 0.1) is 0 Å². The number of hydrogen-bond donors (Lipinski definition) is 1. The summed E-state index contributed by atoms with van der Waals surface area (Å²) >= 11 is 0. The highest BCUT2D eigenvalue weighted by atomic mass is 16.2. The van der Waals surface area contributed by atoms with E-state index in [0.717, 1.165) is 37.3 Å². The average molecular weight is 298 g/mol. The molecule has 1 amide bonds. The molecule has 1 atom stereocenters. The van der Waals surface area contributed by atoms with Gasteiger partial charge in [-0.05, 0) is 31.0 Å². The Morgan fingerprint density at radius 2 is 2.18 bits per heavy atom. The second-order valence-electron chi connectivity index (χ2n) is 5.77. The first-order valence-electron chi connectivity index (χ1n) is 7.83. The van der Waals surface area contributed by atoms with Crippen LogP contribution in [0.5, 0.6) is 0 Å². The SMILES string of the molecule is C[C@H]1CNCCN1C(=O)CCc1cnn(-c2ccccc2)c1. The van der Waals surface area contributed by atoms with Gasteiger partial charge in [0.25, 0.3) is 0 Å². The van der Waals surface area contributed by atoms with Gasteiger partial charge in [-0.3, -0.25) is 4.79 Å². The lowest BCUT2D eigenvalue weighted by Gasteiger charge is -2.34. The quantitative estimate of drug-likeness (QED) is 0.933. The van der Waals surface area contributed by atoms with E-state index in [2.05, 4.69) is 17.3 Å². The maximum atomic E-state index is 12.3. The molecule has 0 spiro atoms. The maximum absolute atomic E-state index is 12.3. The first-order valence-corrected chi connectivity index (χ1v) is 7.83. The van der Waals surface area contributed by atoms with Gasteiger partial charge >= 0.3 is 0 Å². The van der Waals surface area contributed by atoms with Crippen LogP contribution in [-0.2, 0) is 11.2 Å². The number of carbonyl (C=O) groups is 1. The summed E-state index contributed by atoms with van der Waals surface area (Å²) in [4.78, 5) is 14.3. The van der Waals surface area contributed by atoms with Crippen LogP contribution in [0.2, 0.25) is 0 Å². The summed E-state index contributed by atoms with van der Waals surface area (Å²) in [7, 11) is 0. The lowest BCUT2D eigenvalue weighted by Crippen LogP contribution is -2.52. The number of piperazine rings is 1. The minimum Gasteiger partial charge on any atom is -0.337 e. The van der Waals surface area contributed by atoms with Crippen LogP contribution in [0.15, 0.2) is 42.7 Å². The Labute approximate surface area is 130 Å². The third-order valence-electron chi connectivity index (χ3n) is 4.11. The number of aryl methyl sites for hydroxylation is 1. The van der Waals surface area contributed by atoms with Crippen LogP contribution in [0.25, 0.3) is 5.69 Å². The normalized spacial score (nSPS) is 18.4. The smallest absolute Gasteiger partial charge is 0.223 e. The van der Waals surface area contributed by atoms with Crippen LogP contribution in [0.3, 0.4) is 0 Å². The number of nitrogens with zero attached hydrogens (tertiary/aromatic N) is 3. The third kappa shape index (κ3) is 3.36. The van der Waals surface area contributed by atoms with Crippen molar-refractivity contribution >= 4 is 5.91 Å². The summed E-state index contributed by atoms with van der Waals surface area (Å²) in [6.07, 6.45) is 5.14. The number of nitrogens with one attached hydrogen (secondary N) is 1. The summed E-state index contributed by atoms with van der Waals surface area (Å²) < 4.78 is 1.85. The molecule has 1 N–H and O–H groups in total. The van der Waals surface area contributed by atoms with Crippen molar-refractivity contribution in [1.29, 1.82) is 0 Å². The van der Waals surface area contributed by atoms with E-state index in [1.54, 1.807) is 0 Å². The van der Waals surface area contributed by atoms with Crippen molar-refractivity contribution in [3.8, 4) is 5.69 Å². The van der Waals surface area contributed by atoms with Crippen LogP contribution in [-0.4, -0.2) is 46.3 Å². The summed E-state index contributed by atoms with van der Waals surface area (Å²) in [5.41, 5.74) is 2.13. The van der Waals surface area contributed by atoms with Crippen molar-refractivity contribution in [3.05, 3.63) is 48.3 Å². The molecule has 0 bridgehead atoms. The molecule has 5 nitrogen and oxygen atoms in total. The van der Waals surface area contributed by atoms with Crippen molar-refractivity contribution in [2.45, 2.75) is 25.8 Å². The lowest BCUT2D eigenvalue weighted by molar-refractivity contribution is -0.133. The molecule has 22 heavy (non-hydrogen) atoms. The van der Waals surface area contributed by atoms with Crippen molar-refractivity contribution < 1.29 is 4.79 Å². The minimum absolute atomic E-state index is 0.237. The Balaban J connectivity index is 1.58. The van der Waals surface area contributed by atoms with E-state index < -0.39 is 0 Å². The highest BCUT2D eigenvalue weighted by Gasteiger charge is 2.22. The van der Waals surface area contributed by atoms with E-state index in [9.17, 15) is 4.79 Å². The molecular formula is C17H22N4O. The monoisotopic (exact) mass is 298 g/mol. The Morgan fingerprint density at radius 1 is 1.36 bits per heavy atom. The molecule has 1 aromatic carbocycles. The van der Waals surface area contributed by atoms with Crippen molar-refractivity contribution in [1.82, 2.24) is 20.0 Å². The van der Waals surface area contributed by atoms with Gasteiger partial charge in [-0.15, -0.1) is 0 Å². The number of amides is 1. The number of aromatic nitrogens is 2. The molecule has 0 saturated carbocycles. The molecular weight excluding hydrogens is 276 g/mol. The van der Waals surface area contributed by atoms with Crippen molar-refractivity contribution in [3.63, 3.8) is 0 Å². The molecule has 1 aromatic heterocycles. The standard InChI is InChI=1S/C17H22N4O/c1-14-11-18-9-10-20(14)17(22)8-7-15-12-19-21(13-15)16-5-3-2-4-6-16/h2-6,12-14,18H,7-11H2,1H3/t14-/m0/s1.